The predicted octanol–water partition coefficient (Wildman–Crippen LogP) is 1.23. The number of benzene rings is 1. The highest BCUT2D eigenvalue weighted by Gasteiger charge is 2.32. The fourth-order valence-electron chi connectivity index (χ4n) is 4.81. The monoisotopic (exact) mass is 628 g/mol. The maximum Gasteiger partial charge on any atom is 0.306 e. The molecule has 0 saturated carbocycles. The first kappa shape index (κ1) is 29.0. The maximum atomic E-state index is 13.1. The number of imidazole rings is 1. The zero-order valence-electron chi connectivity index (χ0n) is 22.6. The van der Waals surface area contributed by atoms with Crippen LogP contribution in [0.15, 0.2) is 70.7 Å². The number of anilines is 1. The van der Waals surface area contributed by atoms with Crippen molar-refractivity contribution < 1.29 is 36.4 Å². The van der Waals surface area contributed by atoms with Crippen LogP contribution in [0.1, 0.15) is 12.8 Å². The first-order valence-electron chi connectivity index (χ1n) is 13.0. The van der Waals surface area contributed by atoms with Gasteiger partial charge in [-0.05, 0) is 37.1 Å². The third kappa shape index (κ3) is 6.31. The van der Waals surface area contributed by atoms with Gasteiger partial charge in [0.1, 0.15) is 23.4 Å². The molecule has 0 bridgehead atoms. The smallest absolute Gasteiger partial charge is 0.306 e. The van der Waals surface area contributed by atoms with Crippen molar-refractivity contribution in [1.82, 2.24) is 33.4 Å². The largest absolute Gasteiger partial charge is 0.790 e. The van der Waals surface area contributed by atoms with Gasteiger partial charge in [-0.2, -0.15) is 14.4 Å². The number of nitrogens with one attached hydrogen (secondary N) is 1. The molecule has 4 aromatic heterocycles. The van der Waals surface area contributed by atoms with Gasteiger partial charge in [0.05, 0.1) is 13.5 Å². The van der Waals surface area contributed by atoms with Crippen LogP contribution in [0.25, 0.3) is 28.5 Å². The van der Waals surface area contributed by atoms with Crippen molar-refractivity contribution in [2.45, 2.75) is 23.9 Å². The molecular weight excluding hydrogens is 603 g/mol. The number of aryl methyl sites for hydroxylation is 1. The molecule has 1 N–H and O–H groups in total. The first-order chi connectivity index (χ1) is 20.6. The van der Waals surface area contributed by atoms with Crippen LogP contribution in [0.2, 0.25) is 0 Å². The Morgan fingerprint density at radius 1 is 1.19 bits per heavy atom. The first-order valence-corrected chi connectivity index (χ1v) is 15.9. The summed E-state index contributed by atoms with van der Waals surface area (Å²) in [5.74, 6) is 0.848. The fraction of sp³-hybridized carbons (Fsp3) is 0.280. The molecule has 1 saturated heterocycles. The maximum absolute atomic E-state index is 13.1. The Bertz CT molecular complexity index is 1920. The molecule has 6 rings (SSSR count). The average molecular weight is 629 g/mol. The van der Waals surface area contributed by atoms with Gasteiger partial charge in [-0.3, -0.25) is 9.08 Å². The average Bonchev–Trinajstić information content (AvgIpc) is 3.69. The number of rotatable bonds is 10. The van der Waals surface area contributed by atoms with E-state index < -0.39 is 24.6 Å². The van der Waals surface area contributed by atoms with Crippen LogP contribution in [-0.4, -0.2) is 67.8 Å². The van der Waals surface area contributed by atoms with Crippen LogP contribution < -0.4 is 19.8 Å². The lowest BCUT2D eigenvalue weighted by atomic mass is 10.1. The number of phosphoric ester groups is 1. The molecule has 0 amide bonds. The van der Waals surface area contributed by atoms with E-state index in [4.69, 9.17) is 14.1 Å². The van der Waals surface area contributed by atoms with Crippen molar-refractivity contribution in [2.75, 3.05) is 25.2 Å². The Kier molecular flexibility index (Phi) is 7.76. The van der Waals surface area contributed by atoms with Crippen LogP contribution in [0, 0.1) is 0 Å². The summed E-state index contributed by atoms with van der Waals surface area (Å²) in [6.07, 6.45) is 7.71. The third-order valence-electron chi connectivity index (χ3n) is 6.71. The Morgan fingerprint density at radius 3 is 2.84 bits per heavy atom. The number of hydrogen-bond acceptors (Lipinski definition) is 13. The molecule has 1 aliphatic heterocycles. The Hall–Kier alpha value is -4.12. The minimum atomic E-state index is -5.18. The number of sulfonamides is 1. The number of ether oxygens (including phenoxy) is 1. The van der Waals surface area contributed by atoms with Crippen LogP contribution in [-0.2, 0) is 26.2 Å². The van der Waals surface area contributed by atoms with Crippen molar-refractivity contribution in [3.05, 3.63) is 61.3 Å². The van der Waals surface area contributed by atoms with Crippen molar-refractivity contribution in [3.8, 4) is 28.4 Å². The number of hydrogen-bond donors (Lipinski definition) is 1. The molecular formula is C25H25N8O8PS-2. The Labute approximate surface area is 245 Å². The van der Waals surface area contributed by atoms with Crippen molar-refractivity contribution in [2.24, 2.45) is 7.05 Å². The standard InChI is InChI=1S/C25H27N8O8PS/c1-31-11-8-21(30-31)43(37,38)32-10-3-5-18(15-32)27-24-26-9-7-20(28-24)23-22(29-25-33(23)12-13-39-25)17-4-2-6-19(14-17)40-16-41-42(34,35)36/h2,4,6-9,11-14,18H,3,5,10,15-16H2,1H3,(H,26,27,28)(H2,34,35,36)/p-2. The summed E-state index contributed by atoms with van der Waals surface area (Å²) in [7, 11) is -7.27. The van der Waals surface area contributed by atoms with Gasteiger partial charge in [0.15, 0.2) is 11.8 Å². The van der Waals surface area contributed by atoms with Gasteiger partial charge in [0.2, 0.25) is 5.95 Å². The van der Waals surface area contributed by atoms with Crippen LogP contribution in [0.4, 0.5) is 5.95 Å². The molecule has 1 atom stereocenters. The second-order valence-corrected chi connectivity index (χ2v) is 12.7. The van der Waals surface area contributed by atoms with Gasteiger partial charge in [-0.1, -0.05) is 12.1 Å². The second kappa shape index (κ2) is 11.5. The van der Waals surface area contributed by atoms with Gasteiger partial charge in [-0.15, -0.1) is 0 Å². The van der Waals surface area contributed by atoms with E-state index in [0.717, 1.165) is 6.42 Å². The lowest BCUT2D eigenvalue weighted by Gasteiger charge is -2.31. The zero-order valence-corrected chi connectivity index (χ0v) is 24.3. The molecule has 16 nitrogen and oxygen atoms in total. The molecule has 5 aromatic rings. The quantitative estimate of drug-likeness (QED) is 0.171. The summed E-state index contributed by atoms with van der Waals surface area (Å²) in [6, 6.07) is 9.56. The lowest BCUT2D eigenvalue weighted by molar-refractivity contribution is -0.344. The molecule has 0 spiro atoms. The van der Waals surface area contributed by atoms with Crippen molar-refractivity contribution in [3.63, 3.8) is 0 Å². The number of nitrogens with zero attached hydrogens (tertiary/aromatic N) is 7. The summed E-state index contributed by atoms with van der Waals surface area (Å²) in [5.41, 5.74) is 2.16. The van der Waals surface area contributed by atoms with Gasteiger partial charge in [-0.25, -0.2) is 18.4 Å². The molecule has 1 unspecified atom stereocenters. The molecule has 1 fully saturated rings. The van der Waals surface area contributed by atoms with E-state index in [9.17, 15) is 22.8 Å². The third-order valence-corrected chi connectivity index (χ3v) is 8.89. The highest BCUT2D eigenvalue weighted by Crippen LogP contribution is 2.34. The highest BCUT2D eigenvalue weighted by molar-refractivity contribution is 7.89. The molecule has 43 heavy (non-hydrogen) atoms. The van der Waals surface area contributed by atoms with Gasteiger partial charge >= 0.3 is 5.84 Å². The summed E-state index contributed by atoms with van der Waals surface area (Å²) < 4.78 is 56.5. The van der Waals surface area contributed by atoms with E-state index in [0.29, 0.717) is 47.4 Å². The molecule has 1 aromatic carbocycles. The van der Waals surface area contributed by atoms with E-state index >= 15 is 0 Å². The summed E-state index contributed by atoms with van der Waals surface area (Å²) in [5, 5.41) is 7.34. The van der Waals surface area contributed by atoms with Gasteiger partial charge in [0.25, 0.3) is 10.0 Å². The summed E-state index contributed by atoms with van der Waals surface area (Å²) in [4.78, 5) is 35.2. The predicted molar refractivity (Wildman–Crippen MR) is 147 cm³/mol. The molecule has 5 heterocycles. The van der Waals surface area contributed by atoms with Crippen LogP contribution in [0.3, 0.4) is 0 Å². The molecule has 0 aliphatic carbocycles. The summed E-state index contributed by atoms with van der Waals surface area (Å²) in [6.45, 7) is -0.159. The minimum absolute atomic E-state index is 0.00379. The topological polar surface area (TPSA) is 205 Å². The highest BCUT2D eigenvalue weighted by atomic mass is 32.2. The number of piperidine rings is 1. The van der Waals surface area contributed by atoms with Crippen molar-refractivity contribution in [1.29, 1.82) is 0 Å². The lowest BCUT2D eigenvalue weighted by Crippen LogP contribution is -2.45. The van der Waals surface area contributed by atoms with Crippen LogP contribution >= 0.6 is 7.82 Å². The normalized spacial score (nSPS) is 16.5. The number of phosphoric acid groups is 1. The zero-order chi connectivity index (χ0) is 30.2. The molecule has 18 heteroatoms. The number of fused-ring (bicyclic) bond motifs is 1. The SMILES string of the molecule is Cn1ccc(S(=O)(=O)N2CCCC(Nc3nccc(-c4c(-c5cccc(OCOP(=O)([O-])[O-])c5)nc5occn45)n3)C2)n1. The van der Waals surface area contributed by atoms with Crippen molar-refractivity contribution >= 4 is 29.6 Å². The number of oxazole rings is 1. The number of aromatic nitrogens is 6. The van der Waals surface area contributed by atoms with E-state index in [-0.39, 0.29) is 23.4 Å². The second-order valence-electron chi connectivity index (χ2n) is 9.67. The molecule has 0 radical (unpaired) electrons. The minimum Gasteiger partial charge on any atom is -0.790 e. The van der Waals surface area contributed by atoms with E-state index in [1.807, 2.05) is 0 Å². The Balaban J connectivity index is 1.25. The van der Waals surface area contributed by atoms with Crippen LogP contribution in [0.5, 0.6) is 5.75 Å². The van der Waals surface area contributed by atoms with Gasteiger partial charge in [0, 0.05) is 50.3 Å². The van der Waals surface area contributed by atoms with E-state index in [1.165, 1.54) is 21.3 Å². The van der Waals surface area contributed by atoms with E-state index in [1.54, 1.807) is 60.4 Å². The molecule has 1 aliphatic rings. The van der Waals surface area contributed by atoms with E-state index in [2.05, 4.69) is 24.9 Å². The molecule has 226 valence electrons. The summed E-state index contributed by atoms with van der Waals surface area (Å²) >= 11 is 0. The van der Waals surface area contributed by atoms with Gasteiger partial charge < -0.3 is 33.3 Å². The Morgan fingerprint density at radius 2 is 2.05 bits per heavy atom. The fourth-order valence-corrected chi connectivity index (χ4v) is 6.47.